The van der Waals surface area contributed by atoms with Crippen molar-refractivity contribution in [3.05, 3.63) is 53.9 Å². The second kappa shape index (κ2) is 4.66. The SMILES string of the molecule is Cc1cnccc1-c1nc(-c2cccnc2)cs1. The van der Waals surface area contributed by atoms with Crippen molar-refractivity contribution in [1.82, 2.24) is 15.0 Å². The number of hydrogen-bond donors (Lipinski definition) is 0. The number of rotatable bonds is 2. The molecule has 0 unspecified atom stereocenters. The summed E-state index contributed by atoms with van der Waals surface area (Å²) in [6.07, 6.45) is 7.26. The fourth-order valence-electron chi connectivity index (χ4n) is 1.76. The van der Waals surface area contributed by atoms with Crippen molar-refractivity contribution in [3.8, 4) is 21.8 Å². The molecule has 3 rings (SSSR count). The van der Waals surface area contributed by atoms with Crippen LogP contribution in [0.3, 0.4) is 0 Å². The number of hydrogen-bond acceptors (Lipinski definition) is 4. The molecule has 0 saturated heterocycles. The lowest BCUT2D eigenvalue weighted by molar-refractivity contribution is 1.26. The van der Waals surface area contributed by atoms with Gasteiger partial charge >= 0.3 is 0 Å². The van der Waals surface area contributed by atoms with Crippen molar-refractivity contribution in [3.63, 3.8) is 0 Å². The minimum Gasteiger partial charge on any atom is -0.264 e. The molecule has 0 fully saturated rings. The van der Waals surface area contributed by atoms with Gasteiger partial charge in [-0.1, -0.05) is 0 Å². The van der Waals surface area contributed by atoms with Gasteiger partial charge in [0, 0.05) is 41.3 Å². The van der Waals surface area contributed by atoms with Crippen LogP contribution in [0.25, 0.3) is 21.8 Å². The average molecular weight is 253 g/mol. The highest BCUT2D eigenvalue weighted by molar-refractivity contribution is 7.13. The zero-order valence-corrected chi connectivity index (χ0v) is 10.7. The van der Waals surface area contributed by atoms with Crippen molar-refractivity contribution >= 4 is 11.3 Å². The lowest BCUT2D eigenvalue weighted by Crippen LogP contribution is -1.84. The first-order valence-electron chi connectivity index (χ1n) is 5.61. The molecule has 88 valence electrons. The van der Waals surface area contributed by atoms with Crippen molar-refractivity contribution < 1.29 is 0 Å². The molecule has 3 heterocycles. The van der Waals surface area contributed by atoms with Crippen LogP contribution in [0.4, 0.5) is 0 Å². The van der Waals surface area contributed by atoms with E-state index in [0.29, 0.717) is 0 Å². The normalized spacial score (nSPS) is 10.5. The Balaban J connectivity index is 2.03. The van der Waals surface area contributed by atoms with Crippen LogP contribution < -0.4 is 0 Å². The van der Waals surface area contributed by atoms with Crippen LogP contribution >= 0.6 is 11.3 Å². The van der Waals surface area contributed by atoms with Gasteiger partial charge in [0.25, 0.3) is 0 Å². The number of aryl methyl sites for hydroxylation is 1. The van der Waals surface area contributed by atoms with Crippen molar-refractivity contribution in [2.24, 2.45) is 0 Å². The first-order chi connectivity index (χ1) is 8.84. The van der Waals surface area contributed by atoms with Crippen LogP contribution in [0.15, 0.2) is 48.4 Å². The molecule has 0 bridgehead atoms. The molecule has 0 amide bonds. The van der Waals surface area contributed by atoms with E-state index in [1.165, 1.54) is 0 Å². The molecule has 0 aliphatic heterocycles. The topological polar surface area (TPSA) is 38.7 Å². The predicted octanol–water partition coefficient (Wildman–Crippen LogP) is 3.58. The van der Waals surface area contributed by atoms with E-state index in [-0.39, 0.29) is 0 Å². The summed E-state index contributed by atoms with van der Waals surface area (Å²) in [6, 6.07) is 5.94. The molecule has 3 nitrogen and oxygen atoms in total. The molecule has 0 aliphatic rings. The van der Waals surface area contributed by atoms with Crippen LogP contribution in [-0.4, -0.2) is 15.0 Å². The highest BCUT2D eigenvalue weighted by Crippen LogP contribution is 2.29. The summed E-state index contributed by atoms with van der Waals surface area (Å²) in [5.74, 6) is 0. The Kier molecular flexibility index (Phi) is 2.86. The molecule has 0 radical (unpaired) electrons. The molecule has 3 aromatic rings. The van der Waals surface area contributed by atoms with E-state index < -0.39 is 0 Å². The van der Waals surface area contributed by atoms with Crippen LogP contribution in [0, 0.1) is 6.92 Å². The average Bonchev–Trinajstić information content (AvgIpc) is 2.90. The highest BCUT2D eigenvalue weighted by atomic mass is 32.1. The van der Waals surface area contributed by atoms with Crippen LogP contribution in [-0.2, 0) is 0 Å². The molecule has 3 aromatic heterocycles. The van der Waals surface area contributed by atoms with Crippen molar-refractivity contribution in [2.45, 2.75) is 6.92 Å². The fourth-order valence-corrected chi connectivity index (χ4v) is 2.68. The summed E-state index contributed by atoms with van der Waals surface area (Å²) in [5.41, 5.74) is 4.31. The molecule has 0 aliphatic carbocycles. The second-order valence-electron chi connectivity index (χ2n) is 3.97. The number of pyridine rings is 2. The summed E-state index contributed by atoms with van der Waals surface area (Å²) in [7, 11) is 0. The van der Waals surface area contributed by atoms with E-state index in [2.05, 4.69) is 20.3 Å². The first kappa shape index (κ1) is 11.0. The minimum atomic E-state index is 0.972. The Morgan fingerprint density at radius 1 is 1.06 bits per heavy atom. The van der Waals surface area contributed by atoms with Crippen LogP contribution in [0.5, 0.6) is 0 Å². The van der Waals surface area contributed by atoms with Crippen LogP contribution in [0.1, 0.15) is 5.56 Å². The number of nitrogens with zero attached hydrogens (tertiary/aromatic N) is 3. The molecule has 18 heavy (non-hydrogen) atoms. The summed E-state index contributed by atoms with van der Waals surface area (Å²) in [6.45, 7) is 2.05. The largest absolute Gasteiger partial charge is 0.264 e. The Morgan fingerprint density at radius 3 is 2.72 bits per heavy atom. The van der Waals surface area contributed by atoms with Gasteiger partial charge in [0.05, 0.1) is 5.69 Å². The molecule has 4 heteroatoms. The third-order valence-corrected chi connectivity index (χ3v) is 3.59. The Labute approximate surface area is 109 Å². The van der Waals surface area contributed by atoms with E-state index in [0.717, 1.165) is 27.4 Å². The third kappa shape index (κ3) is 2.02. The summed E-state index contributed by atoms with van der Waals surface area (Å²) >= 11 is 1.64. The maximum absolute atomic E-state index is 4.66. The number of aromatic nitrogens is 3. The fraction of sp³-hybridized carbons (Fsp3) is 0.0714. The second-order valence-corrected chi connectivity index (χ2v) is 4.83. The minimum absolute atomic E-state index is 0.972. The summed E-state index contributed by atoms with van der Waals surface area (Å²) in [4.78, 5) is 12.9. The van der Waals surface area contributed by atoms with Gasteiger partial charge in [0.1, 0.15) is 5.01 Å². The quantitative estimate of drug-likeness (QED) is 0.700. The van der Waals surface area contributed by atoms with Gasteiger partial charge in [0.2, 0.25) is 0 Å². The lowest BCUT2D eigenvalue weighted by atomic mass is 10.2. The summed E-state index contributed by atoms with van der Waals surface area (Å²) in [5, 5.41) is 3.08. The maximum atomic E-state index is 4.66. The molecule has 0 N–H and O–H groups in total. The lowest BCUT2D eigenvalue weighted by Gasteiger charge is -1.99. The smallest absolute Gasteiger partial charge is 0.124 e. The van der Waals surface area contributed by atoms with Gasteiger partial charge in [-0.2, -0.15) is 0 Å². The Hall–Kier alpha value is -2.07. The van der Waals surface area contributed by atoms with E-state index in [1.54, 1.807) is 23.7 Å². The van der Waals surface area contributed by atoms with E-state index in [9.17, 15) is 0 Å². The van der Waals surface area contributed by atoms with Crippen molar-refractivity contribution in [1.29, 1.82) is 0 Å². The van der Waals surface area contributed by atoms with Gasteiger partial charge in [-0.3, -0.25) is 9.97 Å². The molecular formula is C14H11N3S. The van der Waals surface area contributed by atoms with E-state index >= 15 is 0 Å². The van der Waals surface area contributed by atoms with Gasteiger partial charge in [-0.15, -0.1) is 11.3 Å². The Morgan fingerprint density at radius 2 is 1.94 bits per heavy atom. The highest BCUT2D eigenvalue weighted by Gasteiger charge is 2.08. The first-order valence-corrected chi connectivity index (χ1v) is 6.49. The molecule has 0 saturated carbocycles. The van der Waals surface area contributed by atoms with Crippen LogP contribution in [0.2, 0.25) is 0 Å². The third-order valence-electron chi connectivity index (χ3n) is 2.71. The van der Waals surface area contributed by atoms with E-state index in [4.69, 9.17) is 0 Å². The monoisotopic (exact) mass is 253 g/mol. The standard InChI is InChI=1S/C14H11N3S/c1-10-7-16-6-4-12(10)14-17-13(9-18-14)11-3-2-5-15-8-11/h2-9H,1H3. The summed E-state index contributed by atoms with van der Waals surface area (Å²) < 4.78 is 0. The predicted molar refractivity (Wildman–Crippen MR) is 73.3 cm³/mol. The van der Waals surface area contributed by atoms with Gasteiger partial charge in [-0.25, -0.2) is 4.98 Å². The van der Waals surface area contributed by atoms with Gasteiger partial charge in [0.15, 0.2) is 0 Å². The maximum Gasteiger partial charge on any atom is 0.124 e. The molecule has 0 atom stereocenters. The molecule has 0 spiro atoms. The zero-order chi connectivity index (χ0) is 12.4. The Bertz CT molecular complexity index is 662. The van der Waals surface area contributed by atoms with Gasteiger partial charge < -0.3 is 0 Å². The molecular weight excluding hydrogens is 242 g/mol. The number of thiazole rings is 1. The molecule has 0 aromatic carbocycles. The van der Waals surface area contributed by atoms with Crippen molar-refractivity contribution in [2.75, 3.05) is 0 Å². The van der Waals surface area contributed by atoms with Gasteiger partial charge in [-0.05, 0) is 30.7 Å². The van der Waals surface area contributed by atoms with E-state index in [1.807, 2.05) is 37.5 Å². The zero-order valence-electron chi connectivity index (χ0n) is 9.87.